The van der Waals surface area contributed by atoms with Gasteiger partial charge in [-0.1, -0.05) is 0 Å². The number of ether oxygens (including phenoxy) is 1. The van der Waals surface area contributed by atoms with Crippen molar-refractivity contribution in [2.24, 2.45) is 0 Å². The van der Waals surface area contributed by atoms with Crippen LogP contribution in [0.5, 0.6) is 5.75 Å². The first kappa shape index (κ1) is 18.8. The van der Waals surface area contributed by atoms with Gasteiger partial charge in [0.05, 0.1) is 18.0 Å². The first-order chi connectivity index (χ1) is 11.8. The number of carbonyl (C=O) groups is 4. The van der Waals surface area contributed by atoms with Gasteiger partial charge in [-0.05, 0) is 24.3 Å². The predicted octanol–water partition coefficient (Wildman–Crippen LogP) is 0.650. The van der Waals surface area contributed by atoms with Crippen molar-refractivity contribution in [3.8, 4) is 5.75 Å². The second kappa shape index (κ2) is 8.02. The van der Waals surface area contributed by atoms with Gasteiger partial charge in [-0.25, -0.2) is 9.69 Å². The maximum Gasteiger partial charge on any atom is 0.327 e. The van der Waals surface area contributed by atoms with Gasteiger partial charge in [0.15, 0.2) is 0 Å². The number of amides is 3. The molecule has 1 heterocycles. The molecule has 1 fully saturated rings. The molecule has 1 aliphatic rings. The van der Waals surface area contributed by atoms with Gasteiger partial charge in [-0.15, -0.1) is 11.8 Å². The lowest BCUT2D eigenvalue weighted by Crippen LogP contribution is -2.42. The van der Waals surface area contributed by atoms with E-state index in [1.807, 2.05) is 0 Å². The summed E-state index contributed by atoms with van der Waals surface area (Å²) in [5.41, 5.74) is 0.440. The number of carboxylic acids is 1. The highest BCUT2D eigenvalue weighted by molar-refractivity contribution is 8.00. The van der Waals surface area contributed by atoms with Crippen molar-refractivity contribution < 1.29 is 29.0 Å². The Morgan fingerprint density at radius 2 is 2.00 bits per heavy atom. The molecule has 0 aliphatic carbocycles. The largest absolute Gasteiger partial charge is 0.497 e. The number of anilines is 1. The maximum atomic E-state index is 12.5. The highest BCUT2D eigenvalue weighted by Gasteiger charge is 2.40. The van der Waals surface area contributed by atoms with Gasteiger partial charge >= 0.3 is 5.97 Å². The van der Waals surface area contributed by atoms with Gasteiger partial charge in [0, 0.05) is 19.1 Å². The van der Waals surface area contributed by atoms with Gasteiger partial charge in [-0.3, -0.25) is 14.4 Å². The van der Waals surface area contributed by atoms with E-state index in [1.54, 1.807) is 24.3 Å². The summed E-state index contributed by atoms with van der Waals surface area (Å²) in [7, 11) is 1.52. The Morgan fingerprint density at radius 1 is 1.36 bits per heavy atom. The summed E-state index contributed by atoms with van der Waals surface area (Å²) < 4.78 is 5.04. The number of aliphatic carboxylic acids is 1. The lowest BCUT2D eigenvalue weighted by Gasteiger charge is -2.17. The second-order valence-corrected chi connectivity index (χ2v) is 6.62. The Hall–Kier alpha value is -2.55. The zero-order valence-electron chi connectivity index (χ0n) is 13.7. The number of imide groups is 1. The quantitative estimate of drug-likeness (QED) is 0.681. The summed E-state index contributed by atoms with van der Waals surface area (Å²) in [6, 6.07) is 5.40. The summed E-state index contributed by atoms with van der Waals surface area (Å²) in [5, 5.41) is 10.7. The van der Waals surface area contributed by atoms with Gasteiger partial charge in [0.1, 0.15) is 11.8 Å². The third-order valence-electron chi connectivity index (χ3n) is 3.58. The highest BCUT2D eigenvalue weighted by Crippen LogP contribution is 2.30. The predicted molar refractivity (Wildman–Crippen MR) is 91.6 cm³/mol. The number of carbonyl (C=O) groups excluding carboxylic acids is 3. The lowest BCUT2D eigenvalue weighted by atomic mass is 10.3. The molecule has 0 saturated carbocycles. The number of hydrogen-bond donors (Lipinski definition) is 2. The summed E-state index contributed by atoms with van der Waals surface area (Å²) in [6.07, 6.45) is -0.0120. The number of methoxy groups -OCH3 is 1. The van der Waals surface area contributed by atoms with Crippen LogP contribution in [0.4, 0.5) is 5.69 Å². The number of carboxylic acid groups (broad SMARTS) is 1. The van der Waals surface area contributed by atoms with Crippen LogP contribution in [0.1, 0.15) is 13.3 Å². The van der Waals surface area contributed by atoms with Crippen LogP contribution >= 0.6 is 11.8 Å². The number of rotatable bonds is 7. The molecule has 8 nitrogen and oxygen atoms in total. The van der Waals surface area contributed by atoms with E-state index in [2.05, 4.69) is 5.32 Å². The maximum absolute atomic E-state index is 12.5. The first-order valence-corrected chi connectivity index (χ1v) is 8.50. The molecular weight excluding hydrogens is 348 g/mol. The molecule has 0 unspecified atom stereocenters. The number of nitrogens with zero attached hydrogens (tertiary/aromatic N) is 1. The molecule has 0 aromatic heterocycles. The molecule has 134 valence electrons. The minimum Gasteiger partial charge on any atom is -0.497 e. The zero-order chi connectivity index (χ0) is 18.6. The topological polar surface area (TPSA) is 113 Å². The molecule has 0 spiro atoms. The number of hydrogen-bond acceptors (Lipinski definition) is 6. The molecule has 2 atom stereocenters. The molecule has 25 heavy (non-hydrogen) atoms. The molecule has 3 amide bonds. The Kier molecular flexibility index (Phi) is 6.02. The number of nitrogens with one attached hydrogen (secondary N) is 1. The van der Waals surface area contributed by atoms with Crippen LogP contribution in [0.15, 0.2) is 24.3 Å². The average molecular weight is 366 g/mol. The van der Waals surface area contributed by atoms with Gasteiger partial charge < -0.3 is 15.2 Å². The Labute approximate surface area is 148 Å². The molecule has 1 aromatic carbocycles. The third-order valence-corrected chi connectivity index (χ3v) is 4.87. The number of thioether (sulfide) groups is 1. The van der Waals surface area contributed by atoms with E-state index in [9.17, 15) is 19.2 Å². The Balaban J connectivity index is 2.04. The molecule has 1 saturated heterocycles. The van der Waals surface area contributed by atoms with Crippen molar-refractivity contribution in [1.82, 2.24) is 5.32 Å². The molecule has 2 rings (SSSR count). The standard InChI is InChI=1S/C16H18N2O6S/c1-9(19)17-12(16(22)23)8-25-13-7-14(20)18(15(13)21)10-3-5-11(24-2)6-4-10/h3-6,12-13H,7-8H2,1-2H3,(H,17,19)(H,22,23)/t12-,13-/m1/s1. The normalized spacial score (nSPS) is 18.2. The van der Waals surface area contributed by atoms with Crippen LogP contribution in [0, 0.1) is 0 Å². The van der Waals surface area contributed by atoms with Crippen LogP contribution in [-0.4, -0.2) is 53.0 Å². The average Bonchev–Trinajstić information content (AvgIpc) is 2.85. The summed E-state index contributed by atoms with van der Waals surface area (Å²) in [6.45, 7) is 1.22. The van der Waals surface area contributed by atoms with E-state index in [4.69, 9.17) is 9.84 Å². The fourth-order valence-corrected chi connectivity index (χ4v) is 3.53. The molecule has 1 aromatic rings. The lowest BCUT2D eigenvalue weighted by molar-refractivity contribution is -0.140. The fourth-order valence-electron chi connectivity index (χ4n) is 2.37. The van der Waals surface area contributed by atoms with Crippen molar-refractivity contribution in [3.05, 3.63) is 24.3 Å². The smallest absolute Gasteiger partial charge is 0.327 e. The van der Waals surface area contributed by atoms with E-state index in [0.717, 1.165) is 16.7 Å². The summed E-state index contributed by atoms with van der Waals surface area (Å²) in [5.74, 6) is -1.80. The molecule has 0 radical (unpaired) electrons. The second-order valence-electron chi connectivity index (χ2n) is 5.38. The van der Waals surface area contributed by atoms with Gasteiger partial charge in [0.2, 0.25) is 17.7 Å². The zero-order valence-corrected chi connectivity index (χ0v) is 14.5. The van der Waals surface area contributed by atoms with E-state index in [0.29, 0.717) is 11.4 Å². The SMILES string of the molecule is COc1ccc(N2C(=O)C[C@@H](SC[C@@H](NC(C)=O)C(=O)O)C2=O)cc1. The van der Waals surface area contributed by atoms with Crippen molar-refractivity contribution in [3.63, 3.8) is 0 Å². The van der Waals surface area contributed by atoms with E-state index in [1.165, 1.54) is 14.0 Å². The molecule has 9 heteroatoms. The Bertz CT molecular complexity index is 690. The van der Waals surface area contributed by atoms with Crippen LogP contribution in [0.3, 0.4) is 0 Å². The number of benzene rings is 1. The van der Waals surface area contributed by atoms with E-state index < -0.39 is 29.1 Å². The first-order valence-electron chi connectivity index (χ1n) is 7.46. The van der Waals surface area contributed by atoms with Crippen LogP contribution in [-0.2, 0) is 19.2 Å². The Morgan fingerprint density at radius 3 is 2.52 bits per heavy atom. The molecule has 0 bridgehead atoms. The van der Waals surface area contributed by atoms with E-state index in [-0.39, 0.29) is 18.1 Å². The van der Waals surface area contributed by atoms with Crippen LogP contribution in [0.25, 0.3) is 0 Å². The van der Waals surface area contributed by atoms with Crippen molar-refractivity contribution in [1.29, 1.82) is 0 Å². The molecule has 2 N–H and O–H groups in total. The highest BCUT2D eigenvalue weighted by atomic mass is 32.2. The fraction of sp³-hybridized carbons (Fsp3) is 0.375. The van der Waals surface area contributed by atoms with Crippen LogP contribution in [0.2, 0.25) is 0 Å². The van der Waals surface area contributed by atoms with Gasteiger partial charge in [0.25, 0.3) is 0 Å². The molecular formula is C16H18N2O6S. The van der Waals surface area contributed by atoms with Crippen molar-refractivity contribution in [2.45, 2.75) is 24.6 Å². The van der Waals surface area contributed by atoms with E-state index >= 15 is 0 Å². The minimum absolute atomic E-state index is 0.00491. The van der Waals surface area contributed by atoms with Crippen molar-refractivity contribution >= 4 is 41.1 Å². The summed E-state index contributed by atoms with van der Waals surface area (Å²) in [4.78, 5) is 47.9. The van der Waals surface area contributed by atoms with Crippen LogP contribution < -0.4 is 15.0 Å². The van der Waals surface area contributed by atoms with Crippen molar-refractivity contribution in [2.75, 3.05) is 17.8 Å². The summed E-state index contributed by atoms with van der Waals surface area (Å²) >= 11 is 1.05. The monoisotopic (exact) mass is 366 g/mol. The third kappa shape index (κ3) is 4.50. The minimum atomic E-state index is -1.19. The van der Waals surface area contributed by atoms with Gasteiger partial charge in [-0.2, -0.15) is 0 Å². The molecule has 1 aliphatic heterocycles.